The molecular weight excluding hydrogens is 674 g/mol. The molecule has 0 spiro atoms. The Kier molecular flexibility index (Phi) is 8.43. The van der Waals surface area contributed by atoms with Crippen molar-refractivity contribution in [3.05, 3.63) is 131 Å². The largest absolute Gasteiger partial charge is 0.438 e. The monoisotopic (exact) mass is 705 g/mol. The molecule has 0 atom stereocenters. The fraction of sp³-hybridized carbons (Fsp3) is 0.125. The van der Waals surface area contributed by atoms with Crippen LogP contribution in [-0.4, -0.2) is 41.9 Å². The van der Waals surface area contributed by atoms with Gasteiger partial charge in [0.15, 0.2) is 5.78 Å². The molecule has 1 aliphatic carbocycles. The predicted octanol–water partition coefficient (Wildman–Crippen LogP) is 6.96. The third kappa shape index (κ3) is 6.35. The van der Waals surface area contributed by atoms with Crippen LogP contribution in [0.3, 0.4) is 0 Å². The maximum Gasteiger partial charge on any atom is 0.268 e. The summed E-state index contributed by atoms with van der Waals surface area (Å²) < 4.78 is 15.7. The molecule has 4 heterocycles. The molecule has 7 aromatic rings. The number of amides is 2. The molecular formula is C40H31N7O6. The highest BCUT2D eigenvalue weighted by Crippen LogP contribution is 2.44. The van der Waals surface area contributed by atoms with Gasteiger partial charge in [0.05, 0.1) is 11.8 Å². The SMILES string of the molecule is CC(=O)Nc1cccc(-c2c(-c3cnn(C)c3)oc3ncnc(Oc4ccc(NC(=O)c5cc6c(n(-c7ccccc7)c5=O)CCCC6=O)cc4)c23)c1. The average Bonchev–Trinajstić information content (AvgIpc) is 3.77. The molecule has 13 nitrogen and oxygen atoms in total. The molecule has 13 heteroatoms. The van der Waals surface area contributed by atoms with Crippen LogP contribution in [0, 0.1) is 0 Å². The number of rotatable bonds is 8. The Labute approximate surface area is 301 Å². The van der Waals surface area contributed by atoms with E-state index < -0.39 is 11.5 Å². The van der Waals surface area contributed by atoms with Crippen molar-refractivity contribution >= 4 is 40.1 Å². The summed E-state index contributed by atoms with van der Waals surface area (Å²) in [5, 5.41) is 10.4. The smallest absolute Gasteiger partial charge is 0.268 e. The summed E-state index contributed by atoms with van der Waals surface area (Å²) >= 11 is 0. The third-order valence-electron chi connectivity index (χ3n) is 8.90. The van der Waals surface area contributed by atoms with Crippen molar-refractivity contribution in [2.24, 2.45) is 7.05 Å². The quantitative estimate of drug-likeness (QED) is 0.170. The number of pyridine rings is 1. The number of Topliss-reactive ketones (excluding diaryl/α,β-unsaturated/α-hetero) is 1. The van der Waals surface area contributed by atoms with Crippen LogP contribution < -0.4 is 20.9 Å². The van der Waals surface area contributed by atoms with Crippen molar-refractivity contribution in [3.8, 4) is 39.8 Å². The number of ether oxygens (including phenoxy) is 1. The van der Waals surface area contributed by atoms with Crippen LogP contribution in [0.1, 0.15) is 46.2 Å². The van der Waals surface area contributed by atoms with Crippen molar-refractivity contribution in [1.29, 1.82) is 0 Å². The molecule has 0 radical (unpaired) electrons. The molecule has 0 saturated heterocycles. The van der Waals surface area contributed by atoms with Crippen LogP contribution in [0.5, 0.6) is 11.6 Å². The van der Waals surface area contributed by atoms with Gasteiger partial charge in [-0.2, -0.15) is 5.10 Å². The van der Waals surface area contributed by atoms with E-state index in [0.29, 0.717) is 75.6 Å². The van der Waals surface area contributed by atoms with Gasteiger partial charge in [-0.1, -0.05) is 30.3 Å². The van der Waals surface area contributed by atoms with E-state index in [2.05, 4.69) is 25.7 Å². The molecule has 0 aliphatic heterocycles. The number of hydrogen-bond donors (Lipinski definition) is 2. The summed E-state index contributed by atoms with van der Waals surface area (Å²) in [7, 11) is 1.80. The molecule has 53 heavy (non-hydrogen) atoms. The minimum absolute atomic E-state index is 0.0981. The Morgan fingerprint density at radius 3 is 2.43 bits per heavy atom. The van der Waals surface area contributed by atoms with Gasteiger partial charge in [0.25, 0.3) is 11.5 Å². The number of anilines is 2. The molecule has 3 aromatic carbocycles. The Hall–Kier alpha value is -7.15. The van der Waals surface area contributed by atoms with E-state index >= 15 is 0 Å². The second-order valence-electron chi connectivity index (χ2n) is 12.6. The molecule has 1 aliphatic rings. The van der Waals surface area contributed by atoms with Crippen LogP contribution in [-0.2, 0) is 18.3 Å². The number of nitrogens with one attached hydrogen (secondary N) is 2. The number of carbonyl (C=O) groups excluding carboxylic acids is 3. The first-order chi connectivity index (χ1) is 25.7. The maximum absolute atomic E-state index is 13.8. The van der Waals surface area contributed by atoms with Gasteiger partial charge >= 0.3 is 0 Å². The summed E-state index contributed by atoms with van der Waals surface area (Å²) in [6.45, 7) is 1.44. The summed E-state index contributed by atoms with van der Waals surface area (Å²) in [6.07, 6.45) is 6.39. The van der Waals surface area contributed by atoms with E-state index in [9.17, 15) is 19.2 Å². The van der Waals surface area contributed by atoms with Gasteiger partial charge in [0.1, 0.15) is 28.8 Å². The van der Waals surface area contributed by atoms with Gasteiger partial charge in [-0.05, 0) is 73.0 Å². The summed E-state index contributed by atoms with van der Waals surface area (Å²) in [6, 6.07) is 24.3. The zero-order chi connectivity index (χ0) is 36.6. The number of carbonyl (C=O) groups is 3. The fourth-order valence-electron chi connectivity index (χ4n) is 6.58. The van der Waals surface area contributed by atoms with E-state index in [-0.39, 0.29) is 28.8 Å². The zero-order valence-electron chi connectivity index (χ0n) is 28.6. The van der Waals surface area contributed by atoms with Gasteiger partial charge in [0, 0.05) is 60.5 Å². The number of benzene rings is 3. The number of furan rings is 1. The Morgan fingerprint density at radius 1 is 0.868 bits per heavy atom. The Morgan fingerprint density at radius 2 is 1.68 bits per heavy atom. The van der Waals surface area contributed by atoms with E-state index in [0.717, 1.165) is 5.56 Å². The second kappa shape index (κ2) is 13.5. The van der Waals surface area contributed by atoms with Gasteiger partial charge in [-0.3, -0.25) is 28.4 Å². The fourth-order valence-corrected chi connectivity index (χ4v) is 6.58. The van der Waals surface area contributed by atoms with E-state index in [1.165, 1.54) is 23.9 Å². The number of aryl methyl sites for hydroxylation is 1. The molecule has 2 N–H and O–H groups in total. The number of fused-ring (bicyclic) bond motifs is 2. The van der Waals surface area contributed by atoms with Crippen molar-refractivity contribution in [2.45, 2.75) is 26.2 Å². The molecule has 0 bridgehead atoms. The van der Waals surface area contributed by atoms with Gasteiger partial charge in [-0.15, -0.1) is 0 Å². The number of para-hydroxylation sites is 1. The highest BCUT2D eigenvalue weighted by molar-refractivity contribution is 6.07. The summed E-state index contributed by atoms with van der Waals surface area (Å²) in [5.74, 6) is 0.160. The van der Waals surface area contributed by atoms with Gasteiger partial charge < -0.3 is 19.8 Å². The van der Waals surface area contributed by atoms with E-state index in [1.807, 2.05) is 30.5 Å². The van der Waals surface area contributed by atoms with Crippen molar-refractivity contribution in [1.82, 2.24) is 24.3 Å². The number of hydrogen-bond acceptors (Lipinski definition) is 9. The number of nitrogens with zero attached hydrogens (tertiary/aromatic N) is 5. The highest BCUT2D eigenvalue weighted by atomic mass is 16.5. The van der Waals surface area contributed by atoms with Gasteiger partial charge in [0.2, 0.25) is 17.5 Å². The van der Waals surface area contributed by atoms with Crippen molar-refractivity contribution < 1.29 is 23.5 Å². The lowest BCUT2D eigenvalue weighted by atomic mass is 9.92. The molecule has 0 fully saturated rings. The maximum atomic E-state index is 13.8. The number of aromatic nitrogens is 5. The molecule has 4 aromatic heterocycles. The first kappa shape index (κ1) is 33.0. The topological polar surface area (TPSA) is 163 Å². The zero-order valence-corrected chi connectivity index (χ0v) is 28.6. The molecule has 8 rings (SSSR count). The van der Waals surface area contributed by atoms with Crippen LogP contribution in [0.15, 0.2) is 113 Å². The Bertz CT molecular complexity index is 2620. The standard InChI is InChI=1S/C40H31N7O6/c1-23(48)44-27-9-6-8-24(18-27)34-35-38(41-22-42-39(35)53-36(34)25-20-43-46(2)21-25)52-29-16-14-26(15-17-29)45-37(50)31-19-30-32(12-7-13-33(30)49)47(40(31)51)28-10-4-3-5-11-28/h3-6,8-11,14-22H,7,12-13H2,1-2H3,(H,44,48)(H,45,50). The normalized spacial score (nSPS) is 12.4. The van der Waals surface area contributed by atoms with Crippen LogP contribution in [0.2, 0.25) is 0 Å². The second-order valence-corrected chi connectivity index (χ2v) is 12.6. The number of ketones is 1. The summed E-state index contributed by atoms with van der Waals surface area (Å²) in [5.41, 5.74) is 4.31. The Balaban J connectivity index is 1.12. The van der Waals surface area contributed by atoms with Crippen LogP contribution >= 0.6 is 0 Å². The van der Waals surface area contributed by atoms with Crippen LogP contribution in [0.4, 0.5) is 11.4 Å². The molecule has 0 saturated carbocycles. The lowest BCUT2D eigenvalue weighted by molar-refractivity contribution is -0.114. The highest BCUT2D eigenvalue weighted by Gasteiger charge is 2.27. The predicted molar refractivity (Wildman–Crippen MR) is 198 cm³/mol. The van der Waals surface area contributed by atoms with Crippen LogP contribution in [0.25, 0.3) is 39.2 Å². The van der Waals surface area contributed by atoms with E-state index in [1.54, 1.807) is 72.5 Å². The molecule has 2 amide bonds. The van der Waals surface area contributed by atoms with E-state index in [4.69, 9.17) is 9.15 Å². The first-order valence-electron chi connectivity index (χ1n) is 16.8. The van der Waals surface area contributed by atoms with Crippen molar-refractivity contribution in [3.63, 3.8) is 0 Å². The average molecular weight is 706 g/mol. The minimum Gasteiger partial charge on any atom is -0.438 e. The lowest BCUT2D eigenvalue weighted by Gasteiger charge is -2.21. The first-order valence-corrected chi connectivity index (χ1v) is 16.8. The lowest BCUT2D eigenvalue weighted by Crippen LogP contribution is -2.33. The van der Waals surface area contributed by atoms with Crippen molar-refractivity contribution in [2.75, 3.05) is 10.6 Å². The minimum atomic E-state index is -0.639. The van der Waals surface area contributed by atoms with Gasteiger partial charge in [-0.25, -0.2) is 9.97 Å². The summed E-state index contributed by atoms with van der Waals surface area (Å²) in [4.78, 5) is 60.9. The molecule has 0 unspecified atom stereocenters. The molecule has 262 valence electrons. The third-order valence-corrected chi connectivity index (χ3v) is 8.90.